The van der Waals surface area contributed by atoms with Gasteiger partial charge in [0, 0.05) is 106 Å². The Hall–Kier alpha value is -9.69. The summed E-state index contributed by atoms with van der Waals surface area (Å²) in [6.07, 6.45) is 47.4. The Morgan fingerprint density at radius 1 is 0.189 bits per heavy atom. The minimum atomic E-state index is 0.530. The Balaban J connectivity index is 1.52. The molecule has 0 spiro atoms. The van der Waals surface area contributed by atoms with Gasteiger partial charge in [0.15, 0.2) is 0 Å². The third kappa shape index (κ3) is 33.4. The maximum Gasteiger partial charge on any atom is 0.150 e. The van der Waals surface area contributed by atoms with E-state index in [2.05, 4.69) is 200 Å². The maximum atomic E-state index is 12.1. The van der Waals surface area contributed by atoms with Gasteiger partial charge in [0.1, 0.15) is 18.9 Å². The van der Waals surface area contributed by atoms with E-state index in [0.717, 1.165) is 113 Å². The van der Waals surface area contributed by atoms with Crippen molar-refractivity contribution in [1.82, 2.24) is 0 Å². The van der Waals surface area contributed by atoms with Gasteiger partial charge in [-0.25, -0.2) is 0 Å². The molecule has 7 rings (SSSR count). The Morgan fingerprint density at radius 3 is 0.486 bits per heavy atom. The molecule has 0 aliphatic carbocycles. The van der Waals surface area contributed by atoms with Gasteiger partial charge >= 0.3 is 0 Å². The van der Waals surface area contributed by atoms with Crippen molar-refractivity contribution in [2.75, 3.05) is 54.0 Å². The van der Waals surface area contributed by atoms with Crippen LogP contribution in [0.1, 0.15) is 371 Å². The third-order valence-corrected chi connectivity index (χ3v) is 21.0. The highest BCUT2D eigenvalue weighted by Crippen LogP contribution is 2.30. The molecule has 6 heteroatoms. The van der Waals surface area contributed by atoms with Crippen LogP contribution in [0.4, 0.5) is 17.1 Å². The predicted molar refractivity (Wildman–Crippen MR) is 474 cm³/mol. The van der Waals surface area contributed by atoms with Gasteiger partial charge in [-0.05, 0) is 148 Å². The smallest absolute Gasteiger partial charge is 0.150 e. The summed E-state index contributed by atoms with van der Waals surface area (Å²) in [4.78, 5) is 44.0. The highest BCUT2D eigenvalue weighted by atomic mass is 16.1. The zero-order chi connectivity index (χ0) is 78.4. The van der Waals surface area contributed by atoms with E-state index in [4.69, 9.17) is 0 Å². The number of unbranched alkanes of at least 4 members (excludes halogenated alkanes) is 30. The second kappa shape index (κ2) is 54.8. The number of benzene rings is 7. The van der Waals surface area contributed by atoms with Crippen molar-refractivity contribution in [2.24, 2.45) is 0 Å². The van der Waals surface area contributed by atoms with Crippen LogP contribution in [-0.2, 0) is 0 Å². The van der Waals surface area contributed by atoms with Gasteiger partial charge in [0.25, 0.3) is 0 Å². The first kappa shape index (κ1) is 88.5. The Morgan fingerprint density at radius 2 is 0.333 bits per heavy atom. The lowest BCUT2D eigenvalue weighted by Crippen LogP contribution is -2.25. The number of carbonyl (C=O) groups is 3. The molecule has 582 valence electrons. The monoisotopic (exact) mass is 1480 g/mol. The van der Waals surface area contributed by atoms with Crippen molar-refractivity contribution in [2.45, 2.75) is 273 Å². The second-order valence-electron chi connectivity index (χ2n) is 30.2. The van der Waals surface area contributed by atoms with Crippen LogP contribution in [0.2, 0.25) is 0 Å². The number of carbonyl (C=O) groups excluding carboxylic acids is 3. The molecular weight excluding hydrogens is 1350 g/mol. The Bertz CT molecular complexity index is 3730. The van der Waals surface area contributed by atoms with Crippen molar-refractivity contribution in [1.29, 1.82) is 0 Å². The predicted octanol–water partition coefficient (Wildman–Crippen LogP) is 26.1. The minimum absolute atomic E-state index is 0.530. The molecule has 0 heterocycles. The van der Waals surface area contributed by atoms with Crippen LogP contribution in [-0.4, -0.2) is 58.1 Å². The van der Waals surface area contributed by atoms with Crippen LogP contribution in [0.15, 0.2) is 146 Å². The van der Waals surface area contributed by atoms with E-state index < -0.39 is 0 Å². The third-order valence-electron chi connectivity index (χ3n) is 21.0. The molecule has 7 aromatic carbocycles. The number of rotatable bonds is 48. The molecule has 0 saturated heterocycles. The van der Waals surface area contributed by atoms with Gasteiger partial charge in [-0.1, -0.05) is 342 Å². The van der Waals surface area contributed by atoms with E-state index in [1.165, 1.54) is 210 Å². The molecule has 0 N–H and O–H groups in total. The van der Waals surface area contributed by atoms with Crippen LogP contribution in [0.25, 0.3) is 0 Å². The summed E-state index contributed by atoms with van der Waals surface area (Å²) in [6.45, 7) is 19.8. The van der Waals surface area contributed by atoms with E-state index in [-0.39, 0.29) is 0 Å². The van der Waals surface area contributed by atoms with Gasteiger partial charge in [-0.3, -0.25) is 14.4 Å². The molecule has 111 heavy (non-hydrogen) atoms. The van der Waals surface area contributed by atoms with Crippen molar-refractivity contribution in [3.8, 4) is 71.0 Å². The average Bonchev–Trinajstić information content (AvgIpc) is 0.761. The molecule has 0 saturated carbocycles. The molecule has 0 fully saturated rings. The van der Waals surface area contributed by atoms with E-state index in [1.54, 1.807) is 36.4 Å². The van der Waals surface area contributed by atoms with Crippen LogP contribution < -0.4 is 14.7 Å². The topological polar surface area (TPSA) is 60.9 Å². The van der Waals surface area contributed by atoms with Gasteiger partial charge < -0.3 is 14.7 Å². The summed E-state index contributed by atoms with van der Waals surface area (Å²) in [5.41, 5.74) is 13.0. The lowest BCUT2D eigenvalue weighted by molar-refractivity contribution is 0.111. The van der Waals surface area contributed by atoms with Crippen molar-refractivity contribution in [3.05, 3.63) is 229 Å². The summed E-state index contributed by atoms with van der Waals surface area (Å²) in [5, 5.41) is 0. The SMILES string of the molecule is CCCCCCCCN(CCCCCCCC)c1ccc(C#Cc2c(C#Cc3ccc(C=O)cc3)c(C#Cc3ccc(N(CCCCCCCC)CCCCCCCC)cc3)c(C#Cc3ccc(C=O)cc3)c(C#Cc3ccc(N(CCCCCCCC)CCCCCCCC)cc3)c2C#Cc2ccc(C=O)cc2)cc1. The van der Waals surface area contributed by atoms with Crippen LogP contribution in [0.5, 0.6) is 0 Å². The number of aldehydes is 3. The van der Waals surface area contributed by atoms with Gasteiger partial charge in [-0.2, -0.15) is 0 Å². The van der Waals surface area contributed by atoms with E-state index in [0.29, 0.717) is 66.8 Å². The first-order valence-electron chi connectivity index (χ1n) is 43.3. The summed E-state index contributed by atoms with van der Waals surface area (Å²) >= 11 is 0. The number of hydrogen-bond donors (Lipinski definition) is 0. The number of hydrogen-bond acceptors (Lipinski definition) is 6. The van der Waals surface area contributed by atoms with E-state index in [9.17, 15) is 14.4 Å². The van der Waals surface area contributed by atoms with Gasteiger partial charge in [0.2, 0.25) is 0 Å². The first-order valence-corrected chi connectivity index (χ1v) is 43.3. The molecule has 0 atom stereocenters. The number of nitrogens with zero attached hydrogens (tertiary/aromatic N) is 3. The summed E-state index contributed by atoms with van der Waals surface area (Å²) < 4.78 is 0. The highest BCUT2D eigenvalue weighted by Gasteiger charge is 2.21. The van der Waals surface area contributed by atoms with Crippen molar-refractivity contribution < 1.29 is 14.4 Å². The highest BCUT2D eigenvalue weighted by molar-refractivity contribution is 5.80. The van der Waals surface area contributed by atoms with Crippen LogP contribution in [0, 0.1) is 71.0 Å². The molecule has 0 aliphatic heterocycles. The van der Waals surface area contributed by atoms with E-state index >= 15 is 0 Å². The Labute approximate surface area is 673 Å². The van der Waals surface area contributed by atoms with Crippen LogP contribution >= 0.6 is 0 Å². The summed E-state index contributed by atoms with van der Waals surface area (Å²) in [6, 6.07) is 48.2. The molecule has 0 radical (unpaired) electrons. The van der Waals surface area contributed by atoms with Crippen molar-refractivity contribution >= 4 is 35.9 Å². The molecular formula is C105H129N3O3. The molecule has 6 nitrogen and oxygen atoms in total. The Kier molecular flexibility index (Phi) is 43.7. The fourth-order valence-corrected chi connectivity index (χ4v) is 14.1. The van der Waals surface area contributed by atoms with Gasteiger partial charge in [0.05, 0.1) is 33.4 Å². The molecule has 7 aromatic rings. The molecule has 0 bridgehead atoms. The zero-order valence-electron chi connectivity index (χ0n) is 68.9. The van der Waals surface area contributed by atoms with Gasteiger partial charge in [-0.15, -0.1) is 0 Å². The lowest BCUT2D eigenvalue weighted by Gasteiger charge is -2.25. The van der Waals surface area contributed by atoms with Crippen molar-refractivity contribution in [3.63, 3.8) is 0 Å². The standard InChI is InChI=1S/C105H129N3O3/c1-7-13-19-25-31-37-79-106(80-38-32-26-20-14-8-2)97-67-55-91(56-68-97)64-76-103-100(73-61-88-43-49-94(85-109)50-44-88)104(77-65-92-57-69-98(70-58-92)107(81-39-33-27-21-15-9-3)82-40-34-28-22-16-10-4)102(75-63-90-47-53-96(87-111)54-48-90)105(101(103)74-62-89-45-51-95(86-110)52-46-89)78-66-93-59-71-99(72-60-93)108(83-41-35-29-23-17-11-5)84-42-36-30-24-18-12-6/h43-60,67-72,85-87H,7-42,79-84H2,1-6H3. The average molecular weight is 1480 g/mol. The fraction of sp³-hybridized carbons (Fsp3) is 0.457. The normalized spacial score (nSPS) is 10.5. The minimum Gasteiger partial charge on any atom is -0.372 e. The number of anilines is 3. The lowest BCUT2D eigenvalue weighted by atomic mass is 9.86. The fourth-order valence-electron chi connectivity index (χ4n) is 14.1. The quantitative estimate of drug-likeness (QED) is 0.0215. The summed E-state index contributed by atoms with van der Waals surface area (Å²) in [5.74, 6) is 43.7. The van der Waals surface area contributed by atoms with Crippen LogP contribution in [0.3, 0.4) is 0 Å². The largest absolute Gasteiger partial charge is 0.372 e. The first-order chi connectivity index (χ1) is 54.7. The molecule has 0 aliphatic rings. The van der Waals surface area contributed by atoms with E-state index in [1.807, 2.05) is 36.4 Å². The molecule has 0 aromatic heterocycles. The zero-order valence-corrected chi connectivity index (χ0v) is 68.9. The molecule has 0 unspecified atom stereocenters. The summed E-state index contributed by atoms with van der Waals surface area (Å²) in [7, 11) is 0. The second-order valence-corrected chi connectivity index (χ2v) is 30.2. The maximum absolute atomic E-state index is 12.1. The molecule has 0 amide bonds.